The van der Waals surface area contributed by atoms with Crippen LogP contribution in [0.2, 0.25) is 0 Å². The Morgan fingerprint density at radius 3 is 2.26 bits per heavy atom. The van der Waals surface area contributed by atoms with Crippen LogP contribution < -0.4 is 4.74 Å². The summed E-state index contributed by atoms with van der Waals surface area (Å²) in [5.41, 5.74) is 2.01. The molecule has 0 spiro atoms. The van der Waals surface area contributed by atoms with Crippen LogP contribution in [0.15, 0.2) is 66.7 Å². The monoisotopic (exact) mass is 483 g/mol. The van der Waals surface area contributed by atoms with Crippen molar-refractivity contribution >= 4 is 13.4 Å². The summed E-state index contributed by atoms with van der Waals surface area (Å²) in [6, 6.07) is 17.6. The molecule has 3 aromatic rings. The number of hydrogen-bond donors (Lipinski definition) is 0. The van der Waals surface area contributed by atoms with Crippen LogP contribution >= 0.6 is 7.67 Å². The minimum Gasteiger partial charge on any atom is -0.450 e. The van der Waals surface area contributed by atoms with Gasteiger partial charge in [-0.25, -0.2) is 13.7 Å². The van der Waals surface area contributed by atoms with Gasteiger partial charge in [-0.2, -0.15) is 0 Å². The zero-order valence-corrected chi connectivity index (χ0v) is 19.4. The molecule has 176 valence electrons. The smallest absolute Gasteiger partial charge is 0.346 e. The first-order chi connectivity index (χ1) is 16.3. The lowest BCUT2D eigenvalue weighted by Gasteiger charge is -2.24. The molecule has 0 radical (unpaired) electrons. The van der Waals surface area contributed by atoms with Crippen molar-refractivity contribution in [3.8, 4) is 22.6 Å². The van der Waals surface area contributed by atoms with Crippen LogP contribution in [0.25, 0.3) is 11.1 Å². The molecule has 0 aromatic heterocycles. The summed E-state index contributed by atoms with van der Waals surface area (Å²) in [5, 5.41) is 11.6. The summed E-state index contributed by atoms with van der Waals surface area (Å²) in [5.74, 6) is 0.124. The van der Waals surface area contributed by atoms with Gasteiger partial charge >= 0.3 is 13.4 Å². The van der Waals surface area contributed by atoms with Gasteiger partial charge in [-0.05, 0) is 60.0 Å². The highest BCUT2D eigenvalue weighted by atomic mass is 31.2. The quantitative estimate of drug-likeness (QED) is 0.159. The van der Waals surface area contributed by atoms with Crippen LogP contribution in [0.5, 0.6) is 11.5 Å². The molecule has 0 saturated carbocycles. The van der Waals surface area contributed by atoms with E-state index in [1.54, 1.807) is 49.4 Å². The van der Waals surface area contributed by atoms with Crippen LogP contribution in [0, 0.1) is 15.9 Å². The average molecular weight is 483 g/mol. The van der Waals surface area contributed by atoms with Gasteiger partial charge in [0.25, 0.3) is 0 Å². The lowest BCUT2D eigenvalue weighted by Crippen LogP contribution is -2.10. The summed E-state index contributed by atoms with van der Waals surface area (Å²) in [6.07, 6.45) is -0.555. The van der Waals surface area contributed by atoms with Crippen LogP contribution in [0.4, 0.5) is 10.1 Å². The fraction of sp³-hybridized carbons (Fsp3) is 0.250. The molecule has 5 rings (SSSR count). The van der Waals surface area contributed by atoms with Gasteiger partial charge in [0.1, 0.15) is 11.6 Å². The Hall–Kier alpha value is -3.10. The molecular formula is C24H23FN3O5P. The molecule has 2 fully saturated rings. The number of rotatable bonds is 9. The minimum atomic E-state index is -3.05. The SMILES string of the molecule is CC(OP(=O)(N1CC1)N1CC1)c1ccc([N+](=O)[O-])c(Oc2cccc(-c3ccc(F)cc3)c2)c1. The Labute approximate surface area is 196 Å². The molecule has 8 nitrogen and oxygen atoms in total. The highest BCUT2D eigenvalue weighted by molar-refractivity contribution is 7.54. The molecular weight excluding hydrogens is 460 g/mol. The van der Waals surface area contributed by atoms with E-state index in [1.165, 1.54) is 18.2 Å². The molecule has 2 heterocycles. The van der Waals surface area contributed by atoms with Crippen molar-refractivity contribution in [2.24, 2.45) is 0 Å². The third-order valence-corrected chi connectivity index (χ3v) is 8.57. The van der Waals surface area contributed by atoms with Gasteiger partial charge in [-0.1, -0.05) is 24.3 Å². The second kappa shape index (κ2) is 8.92. The maximum Gasteiger partial charge on any atom is 0.346 e. The first kappa shape index (κ1) is 22.7. The molecule has 10 heteroatoms. The predicted molar refractivity (Wildman–Crippen MR) is 125 cm³/mol. The summed E-state index contributed by atoms with van der Waals surface area (Å²) in [4.78, 5) is 11.1. The summed E-state index contributed by atoms with van der Waals surface area (Å²) >= 11 is 0. The topological polar surface area (TPSA) is 84.7 Å². The predicted octanol–water partition coefficient (Wildman–Crippen LogP) is 6.01. The Morgan fingerprint density at radius 1 is 0.971 bits per heavy atom. The van der Waals surface area contributed by atoms with E-state index in [0.717, 1.165) is 37.3 Å². The highest BCUT2D eigenvalue weighted by Gasteiger charge is 2.50. The molecule has 3 aromatic carbocycles. The largest absolute Gasteiger partial charge is 0.450 e. The lowest BCUT2D eigenvalue weighted by atomic mass is 10.1. The third kappa shape index (κ3) is 4.74. The van der Waals surface area contributed by atoms with Gasteiger partial charge in [0.05, 0.1) is 11.0 Å². The fourth-order valence-electron chi connectivity index (χ4n) is 3.70. The molecule has 1 atom stereocenters. The van der Waals surface area contributed by atoms with Crippen molar-refractivity contribution in [3.05, 3.63) is 88.2 Å². The highest BCUT2D eigenvalue weighted by Crippen LogP contribution is 2.63. The number of benzene rings is 3. The second-order valence-corrected chi connectivity index (χ2v) is 10.6. The van der Waals surface area contributed by atoms with Crippen molar-refractivity contribution in [1.29, 1.82) is 0 Å². The van der Waals surface area contributed by atoms with Crippen LogP contribution in [-0.4, -0.2) is 40.4 Å². The Bertz CT molecular complexity index is 1260. The number of hydrogen-bond acceptors (Lipinski definition) is 5. The van der Waals surface area contributed by atoms with E-state index in [-0.39, 0.29) is 17.3 Å². The first-order valence-electron chi connectivity index (χ1n) is 10.9. The van der Waals surface area contributed by atoms with Crippen LogP contribution in [0.1, 0.15) is 18.6 Å². The lowest BCUT2D eigenvalue weighted by molar-refractivity contribution is -0.385. The van der Waals surface area contributed by atoms with Crippen molar-refractivity contribution in [2.75, 3.05) is 26.2 Å². The Balaban J connectivity index is 1.41. The van der Waals surface area contributed by atoms with E-state index in [9.17, 15) is 19.1 Å². The standard InChI is InChI=1S/C24H23FN3O5P/c1-17(33-34(31,26-11-12-26)27-13-14-27)19-7-10-23(28(29)30)24(16-19)32-22-4-2-3-20(15-22)18-5-8-21(25)9-6-18/h2-10,15-17H,11-14H2,1H3. The summed E-state index contributed by atoms with van der Waals surface area (Å²) in [7, 11) is -3.05. The van der Waals surface area contributed by atoms with Gasteiger partial charge < -0.3 is 4.74 Å². The van der Waals surface area contributed by atoms with Crippen molar-refractivity contribution in [1.82, 2.24) is 9.34 Å². The zero-order valence-electron chi connectivity index (χ0n) is 18.5. The fourth-order valence-corrected chi connectivity index (χ4v) is 6.05. The number of nitro groups is 1. The normalized spacial score (nSPS) is 16.8. The summed E-state index contributed by atoms with van der Waals surface area (Å²) < 4.78 is 42.2. The summed E-state index contributed by atoms with van der Waals surface area (Å²) in [6.45, 7) is 4.72. The molecule has 34 heavy (non-hydrogen) atoms. The molecule has 0 N–H and O–H groups in total. The maximum absolute atomic E-state index is 13.3. The van der Waals surface area contributed by atoms with Crippen molar-refractivity contribution in [2.45, 2.75) is 13.0 Å². The number of ether oxygens (including phenoxy) is 1. The van der Waals surface area contributed by atoms with Gasteiger partial charge in [-0.15, -0.1) is 0 Å². The molecule has 0 amide bonds. The molecule has 2 aliphatic rings. The van der Waals surface area contributed by atoms with E-state index in [4.69, 9.17) is 9.26 Å². The van der Waals surface area contributed by atoms with Crippen LogP contribution in [0.3, 0.4) is 0 Å². The van der Waals surface area contributed by atoms with Crippen molar-refractivity contribution < 1.29 is 23.1 Å². The molecule has 0 bridgehead atoms. The van der Waals surface area contributed by atoms with Gasteiger partial charge in [0.2, 0.25) is 5.75 Å². The van der Waals surface area contributed by atoms with Gasteiger partial charge in [0, 0.05) is 32.2 Å². The number of nitrogens with zero attached hydrogens (tertiary/aromatic N) is 3. The average Bonchev–Trinajstić information content (AvgIpc) is 3.71. The Kier molecular flexibility index (Phi) is 5.95. The van der Waals surface area contributed by atoms with E-state index in [1.807, 2.05) is 15.4 Å². The minimum absolute atomic E-state index is 0.0579. The van der Waals surface area contributed by atoms with E-state index < -0.39 is 18.7 Å². The third-order valence-electron chi connectivity index (χ3n) is 5.75. The molecule has 2 saturated heterocycles. The van der Waals surface area contributed by atoms with Crippen molar-refractivity contribution in [3.63, 3.8) is 0 Å². The number of halogens is 1. The Morgan fingerprint density at radius 2 is 1.65 bits per heavy atom. The second-order valence-electron chi connectivity index (χ2n) is 8.27. The first-order valence-corrected chi connectivity index (χ1v) is 12.5. The van der Waals surface area contributed by atoms with E-state index in [0.29, 0.717) is 11.3 Å². The maximum atomic E-state index is 13.3. The molecule has 2 aliphatic heterocycles. The number of nitro benzene ring substituents is 1. The van der Waals surface area contributed by atoms with Gasteiger partial charge in [0.15, 0.2) is 0 Å². The van der Waals surface area contributed by atoms with Gasteiger partial charge in [-0.3, -0.25) is 19.2 Å². The molecule has 0 aliphatic carbocycles. The molecule has 1 unspecified atom stereocenters. The van der Waals surface area contributed by atoms with E-state index >= 15 is 0 Å². The van der Waals surface area contributed by atoms with Crippen LogP contribution in [-0.2, 0) is 9.09 Å². The zero-order chi connectivity index (χ0) is 23.9. The van der Waals surface area contributed by atoms with E-state index in [2.05, 4.69) is 0 Å².